The Hall–Kier alpha value is -2.49. The Morgan fingerprint density at radius 2 is 1.77 bits per heavy atom. The van der Waals surface area contributed by atoms with E-state index in [4.69, 9.17) is 26.9 Å². The number of hydrogen-bond acceptors (Lipinski definition) is 3. The van der Waals surface area contributed by atoms with E-state index in [0.29, 0.717) is 27.8 Å². The Balaban J connectivity index is 1.91. The van der Waals surface area contributed by atoms with Crippen molar-refractivity contribution < 1.29 is 4.74 Å². The highest BCUT2D eigenvalue weighted by Crippen LogP contribution is 2.41. The number of nitrogens with zero attached hydrogens (tertiary/aromatic N) is 2. The maximum Gasteiger partial charge on any atom is 0.138 e. The molecule has 0 heterocycles. The van der Waals surface area contributed by atoms with Gasteiger partial charge in [0, 0.05) is 5.92 Å². The van der Waals surface area contributed by atoms with E-state index in [9.17, 15) is 0 Å². The summed E-state index contributed by atoms with van der Waals surface area (Å²) < 4.78 is 6.09. The van der Waals surface area contributed by atoms with Gasteiger partial charge in [-0.25, -0.2) is 0 Å². The number of halogens is 1. The van der Waals surface area contributed by atoms with Crippen molar-refractivity contribution in [2.24, 2.45) is 5.92 Å². The number of ether oxygens (including phenoxy) is 1. The molecule has 0 saturated heterocycles. The third-order valence-electron chi connectivity index (χ3n) is 3.95. The molecule has 1 aliphatic carbocycles. The van der Waals surface area contributed by atoms with Crippen molar-refractivity contribution in [2.45, 2.75) is 19.4 Å². The molecule has 0 N–H and O–H groups in total. The van der Waals surface area contributed by atoms with E-state index in [-0.39, 0.29) is 6.10 Å². The molecular formula is C18H13ClN2O. The summed E-state index contributed by atoms with van der Waals surface area (Å²) in [6.45, 7) is 2.12. The average molecular weight is 309 g/mol. The molecule has 0 bridgehead atoms. The van der Waals surface area contributed by atoms with Crippen molar-refractivity contribution >= 4 is 11.6 Å². The average Bonchev–Trinajstić information content (AvgIpc) is 2.84. The van der Waals surface area contributed by atoms with Gasteiger partial charge in [0.05, 0.1) is 28.3 Å². The van der Waals surface area contributed by atoms with Crippen LogP contribution >= 0.6 is 11.6 Å². The highest BCUT2D eigenvalue weighted by molar-refractivity contribution is 6.32. The van der Waals surface area contributed by atoms with Crippen LogP contribution in [0.2, 0.25) is 5.02 Å². The molecule has 0 radical (unpaired) electrons. The summed E-state index contributed by atoms with van der Waals surface area (Å²) in [6, 6.07) is 15.0. The predicted octanol–water partition coefficient (Wildman–Crippen LogP) is 4.40. The lowest BCUT2D eigenvalue weighted by Crippen LogP contribution is -2.11. The largest absolute Gasteiger partial charge is 0.484 e. The maximum atomic E-state index is 9.00. The van der Waals surface area contributed by atoms with Gasteiger partial charge >= 0.3 is 0 Å². The summed E-state index contributed by atoms with van der Waals surface area (Å²) in [5.74, 6) is 0.880. The van der Waals surface area contributed by atoms with E-state index in [1.807, 2.05) is 18.2 Å². The first kappa shape index (κ1) is 14.4. The van der Waals surface area contributed by atoms with E-state index in [0.717, 1.165) is 17.5 Å². The minimum absolute atomic E-state index is 0.0896. The highest BCUT2D eigenvalue weighted by Gasteiger charge is 2.31. The zero-order valence-corrected chi connectivity index (χ0v) is 12.8. The monoisotopic (exact) mass is 308 g/mol. The predicted molar refractivity (Wildman–Crippen MR) is 83.6 cm³/mol. The lowest BCUT2D eigenvalue weighted by atomic mass is 10.1. The Morgan fingerprint density at radius 3 is 2.45 bits per heavy atom. The Bertz CT molecular complexity index is 817. The fraction of sp³-hybridized carbons (Fsp3) is 0.222. The molecule has 0 fully saturated rings. The van der Waals surface area contributed by atoms with Crippen molar-refractivity contribution in [3.05, 3.63) is 63.7 Å². The van der Waals surface area contributed by atoms with Crippen LogP contribution in [-0.4, -0.2) is 0 Å². The van der Waals surface area contributed by atoms with Crippen molar-refractivity contribution in [2.75, 3.05) is 0 Å². The van der Waals surface area contributed by atoms with Gasteiger partial charge in [0.15, 0.2) is 0 Å². The standard InChI is InChI=1S/C18H13ClN2O/c1-11-6-14-7-12(9-20)2-4-15(14)18(11)22-17-5-3-13(10-21)8-16(17)19/h2-5,7-8,11,18H,6H2,1H3/t11-,18?/m1/s1. The zero-order valence-electron chi connectivity index (χ0n) is 12.0. The zero-order chi connectivity index (χ0) is 15.7. The summed E-state index contributed by atoms with van der Waals surface area (Å²) >= 11 is 6.19. The van der Waals surface area contributed by atoms with E-state index in [1.165, 1.54) is 0 Å². The molecule has 2 atom stereocenters. The van der Waals surface area contributed by atoms with Gasteiger partial charge in [-0.1, -0.05) is 24.6 Å². The third kappa shape index (κ3) is 2.52. The Morgan fingerprint density at radius 1 is 1.09 bits per heavy atom. The van der Waals surface area contributed by atoms with Gasteiger partial charge in [-0.3, -0.25) is 0 Å². The van der Waals surface area contributed by atoms with Crippen LogP contribution in [0.15, 0.2) is 36.4 Å². The van der Waals surface area contributed by atoms with Gasteiger partial charge in [-0.05, 0) is 47.9 Å². The molecule has 0 amide bonds. The highest BCUT2D eigenvalue weighted by atomic mass is 35.5. The molecule has 2 aromatic rings. The Kier molecular flexibility index (Phi) is 3.75. The number of benzene rings is 2. The first-order chi connectivity index (χ1) is 10.6. The number of rotatable bonds is 2. The molecular weight excluding hydrogens is 296 g/mol. The first-order valence-corrected chi connectivity index (χ1v) is 7.39. The number of nitriles is 2. The summed E-state index contributed by atoms with van der Waals surface area (Å²) in [5.41, 5.74) is 3.44. The van der Waals surface area contributed by atoms with Crippen molar-refractivity contribution in [1.29, 1.82) is 10.5 Å². The van der Waals surface area contributed by atoms with Crippen LogP contribution in [-0.2, 0) is 6.42 Å². The second-order valence-electron chi connectivity index (χ2n) is 5.50. The topological polar surface area (TPSA) is 56.8 Å². The molecule has 0 saturated carbocycles. The fourth-order valence-corrected chi connectivity index (χ4v) is 3.10. The molecule has 1 unspecified atom stereocenters. The van der Waals surface area contributed by atoms with Crippen LogP contribution < -0.4 is 4.74 Å². The molecule has 108 valence electrons. The molecule has 3 rings (SSSR count). The van der Waals surface area contributed by atoms with Crippen molar-refractivity contribution in [3.8, 4) is 17.9 Å². The van der Waals surface area contributed by atoms with Gasteiger partial charge in [-0.2, -0.15) is 10.5 Å². The van der Waals surface area contributed by atoms with Crippen molar-refractivity contribution in [1.82, 2.24) is 0 Å². The lowest BCUT2D eigenvalue weighted by Gasteiger charge is -2.20. The van der Waals surface area contributed by atoms with Gasteiger partial charge in [0.1, 0.15) is 11.9 Å². The summed E-state index contributed by atoms with van der Waals surface area (Å²) in [4.78, 5) is 0. The molecule has 0 aliphatic heterocycles. The molecule has 0 aromatic heterocycles. The SMILES string of the molecule is C[C@@H]1Cc2cc(C#N)ccc2C1Oc1ccc(C#N)cc1Cl. The molecule has 4 heteroatoms. The van der Waals surface area contributed by atoms with Crippen LogP contribution in [0.4, 0.5) is 0 Å². The second kappa shape index (κ2) is 5.72. The van der Waals surface area contributed by atoms with Gasteiger partial charge in [-0.15, -0.1) is 0 Å². The summed E-state index contributed by atoms with van der Waals surface area (Å²) in [5, 5.41) is 18.3. The third-order valence-corrected chi connectivity index (χ3v) is 4.25. The van der Waals surface area contributed by atoms with Gasteiger partial charge in [0.25, 0.3) is 0 Å². The Labute approximate surface area is 134 Å². The molecule has 2 aromatic carbocycles. The van der Waals surface area contributed by atoms with Crippen LogP contribution in [0.3, 0.4) is 0 Å². The molecule has 22 heavy (non-hydrogen) atoms. The first-order valence-electron chi connectivity index (χ1n) is 7.01. The smallest absolute Gasteiger partial charge is 0.138 e. The fourth-order valence-electron chi connectivity index (χ4n) is 2.87. The van der Waals surface area contributed by atoms with Crippen LogP contribution in [0.5, 0.6) is 5.75 Å². The second-order valence-corrected chi connectivity index (χ2v) is 5.91. The van der Waals surface area contributed by atoms with Gasteiger partial charge < -0.3 is 4.74 Å². The van der Waals surface area contributed by atoms with Crippen LogP contribution in [0.1, 0.15) is 35.3 Å². The minimum atomic E-state index is -0.0896. The minimum Gasteiger partial charge on any atom is -0.484 e. The lowest BCUT2D eigenvalue weighted by molar-refractivity contribution is 0.159. The quantitative estimate of drug-likeness (QED) is 0.826. The van der Waals surface area contributed by atoms with E-state index < -0.39 is 0 Å². The van der Waals surface area contributed by atoms with Gasteiger partial charge in [0.2, 0.25) is 0 Å². The number of hydrogen-bond donors (Lipinski definition) is 0. The van der Waals surface area contributed by atoms with Crippen LogP contribution in [0, 0.1) is 28.6 Å². The number of fused-ring (bicyclic) bond motifs is 1. The summed E-state index contributed by atoms with van der Waals surface area (Å²) in [7, 11) is 0. The molecule has 1 aliphatic rings. The van der Waals surface area contributed by atoms with E-state index in [2.05, 4.69) is 19.1 Å². The maximum absolute atomic E-state index is 9.00. The van der Waals surface area contributed by atoms with Crippen molar-refractivity contribution in [3.63, 3.8) is 0 Å². The normalized spacial score (nSPS) is 19.1. The van der Waals surface area contributed by atoms with Crippen LogP contribution in [0.25, 0.3) is 0 Å². The molecule has 3 nitrogen and oxygen atoms in total. The molecule has 0 spiro atoms. The van der Waals surface area contributed by atoms with E-state index >= 15 is 0 Å². The summed E-state index contributed by atoms with van der Waals surface area (Å²) in [6.07, 6.45) is 0.789. The van der Waals surface area contributed by atoms with E-state index in [1.54, 1.807) is 18.2 Å².